The Labute approximate surface area is 192 Å². The third-order valence-electron chi connectivity index (χ3n) is 6.43. The van der Waals surface area contributed by atoms with Crippen molar-refractivity contribution in [3.8, 4) is 22.3 Å². The standard InChI is InChI=1S/C28H28F4O/c1-3-4-5-20-11-12-21(26(30)25(20)29)18-7-9-19(10-8-18)22-13-14-23(28(32)27(22)31)24-15-6-17(2)16-33-24/h7-14,17,24H,3-6,15-16H2,1-2H3. The first-order valence-electron chi connectivity index (χ1n) is 11.6. The van der Waals surface area contributed by atoms with E-state index in [1.807, 2.05) is 6.92 Å². The van der Waals surface area contributed by atoms with Crippen LogP contribution in [0, 0.1) is 29.2 Å². The first-order chi connectivity index (χ1) is 15.9. The van der Waals surface area contributed by atoms with Crippen molar-refractivity contribution in [2.75, 3.05) is 6.61 Å². The van der Waals surface area contributed by atoms with Gasteiger partial charge in [-0.25, -0.2) is 17.6 Å². The molecule has 3 aromatic carbocycles. The van der Waals surface area contributed by atoms with E-state index in [4.69, 9.17) is 4.74 Å². The molecule has 0 radical (unpaired) electrons. The number of hydrogen-bond donors (Lipinski definition) is 0. The summed E-state index contributed by atoms with van der Waals surface area (Å²) in [5.41, 5.74) is 1.79. The van der Waals surface area contributed by atoms with Gasteiger partial charge >= 0.3 is 0 Å². The SMILES string of the molecule is CCCCc1ccc(-c2ccc(-c3ccc(C4CCC(C)CO4)c(F)c3F)cc2)c(F)c1F. The fourth-order valence-electron chi connectivity index (χ4n) is 4.37. The van der Waals surface area contributed by atoms with Crippen molar-refractivity contribution >= 4 is 0 Å². The van der Waals surface area contributed by atoms with Gasteiger partial charge in [0.1, 0.15) is 0 Å². The predicted molar refractivity (Wildman–Crippen MR) is 123 cm³/mol. The number of aryl methyl sites for hydroxylation is 1. The summed E-state index contributed by atoms with van der Waals surface area (Å²) in [6, 6.07) is 12.7. The Kier molecular flexibility index (Phi) is 7.18. The second-order valence-electron chi connectivity index (χ2n) is 8.92. The van der Waals surface area contributed by atoms with Crippen molar-refractivity contribution in [2.24, 2.45) is 5.92 Å². The summed E-state index contributed by atoms with van der Waals surface area (Å²) in [4.78, 5) is 0. The molecule has 1 saturated heterocycles. The Morgan fingerprint density at radius 3 is 1.94 bits per heavy atom. The quantitative estimate of drug-likeness (QED) is 0.338. The van der Waals surface area contributed by atoms with Crippen molar-refractivity contribution in [1.29, 1.82) is 0 Å². The lowest BCUT2D eigenvalue weighted by molar-refractivity contribution is -0.0144. The van der Waals surface area contributed by atoms with Gasteiger partial charge < -0.3 is 4.74 Å². The second-order valence-corrected chi connectivity index (χ2v) is 8.92. The summed E-state index contributed by atoms with van der Waals surface area (Å²) in [5.74, 6) is -3.13. The van der Waals surface area contributed by atoms with Crippen molar-refractivity contribution in [1.82, 2.24) is 0 Å². The van der Waals surface area contributed by atoms with Crippen LogP contribution in [0.15, 0.2) is 48.5 Å². The Morgan fingerprint density at radius 2 is 1.36 bits per heavy atom. The Hall–Kier alpha value is -2.66. The predicted octanol–water partition coefficient (Wildman–Crippen LogP) is 8.41. The average Bonchev–Trinajstić information content (AvgIpc) is 2.83. The van der Waals surface area contributed by atoms with Crippen molar-refractivity contribution in [3.63, 3.8) is 0 Å². The highest BCUT2D eigenvalue weighted by Gasteiger charge is 2.26. The lowest BCUT2D eigenvalue weighted by Crippen LogP contribution is -2.19. The maximum absolute atomic E-state index is 14.9. The zero-order valence-corrected chi connectivity index (χ0v) is 18.9. The largest absolute Gasteiger partial charge is 0.373 e. The van der Waals surface area contributed by atoms with E-state index in [2.05, 4.69) is 6.92 Å². The summed E-state index contributed by atoms with van der Waals surface area (Å²) in [6.45, 7) is 4.60. The molecule has 2 unspecified atom stereocenters. The minimum atomic E-state index is -0.931. The van der Waals surface area contributed by atoms with E-state index < -0.39 is 29.4 Å². The molecule has 0 bridgehead atoms. The maximum Gasteiger partial charge on any atom is 0.167 e. The molecule has 0 N–H and O–H groups in total. The molecule has 1 heterocycles. The highest BCUT2D eigenvalue weighted by molar-refractivity contribution is 5.71. The van der Waals surface area contributed by atoms with E-state index in [-0.39, 0.29) is 16.7 Å². The van der Waals surface area contributed by atoms with Gasteiger partial charge in [0.15, 0.2) is 23.3 Å². The van der Waals surface area contributed by atoms with Crippen LogP contribution >= 0.6 is 0 Å². The number of hydrogen-bond acceptors (Lipinski definition) is 1. The molecule has 4 rings (SSSR count). The molecule has 1 aliphatic rings. The average molecular weight is 457 g/mol. The van der Waals surface area contributed by atoms with E-state index in [1.54, 1.807) is 48.5 Å². The molecule has 1 nitrogen and oxygen atoms in total. The van der Waals surface area contributed by atoms with Gasteiger partial charge in [0.05, 0.1) is 6.10 Å². The van der Waals surface area contributed by atoms with Gasteiger partial charge in [-0.15, -0.1) is 0 Å². The monoisotopic (exact) mass is 456 g/mol. The molecule has 0 spiro atoms. The summed E-state index contributed by atoms with van der Waals surface area (Å²) in [7, 11) is 0. The molecule has 174 valence electrons. The zero-order valence-electron chi connectivity index (χ0n) is 18.9. The van der Waals surface area contributed by atoms with Gasteiger partial charge in [-0.3, -0.25) is 0 Å². The Balaban J connectivity index is 1.59. The molecule has 0 aliphatic carbocycles. The molecule has 0 saturated carbocycles. The molecule has 3 aromatic rings. The summed E-state index contributed by atoms with van der Waals surface area (Å²) in [5, 5.41) is 0. The molecular formula is C28H28F4O. The topological polar surface area (TPSA) is 9.23 Å². The van der Waals surface area contributed by atoms with Crippen LogP contribution in [-0.4, -0.2) is 6.61 Å². The molecule has 0 aromatic heterocycles. The van der Waals surface area contributed by atoms with E-state index in [9.17, 15) is 17.6 Å². The number of halogens is 4. The van der Waals surface area contributed by atoms with E-state index in [0.29, 0.717) is 42.1 Å². The fourth-order valence-corrected chi connectivity index (χ4v) is 4.37. The summed E-state index contributed by atoms with van der Waals surface area (Å²) >= 11 is 0. The Morgan fingerprint density at radius 1 is 0.758 bits per heavy atom. The van der Waals surface area contributed by atoms with Crippen LogP contribution in [0.3, 0.4) is 0 Å². The van der Waals surface area contributed by atoms with E-state index in [0.717, 1.165) is 19.3 Å². The van der Waals surface area contributed by atoms with Gasteiger partial charge in [0.25, 0.3) is 0 Å². The lowest BCUT2D eigenvalue weighted by Gasteiger charge is -2.27. The molecular weight excluding hydrogens is 428 g/mol. The highest BCUT2D eigenvalue weighted by Crippen LogP contribution is 2.36. The number of ether oxygens (including phenoxy) is 1. The van der Waals surface area contributed by atoms with Crippen LogP contribution in [0.1, 0.15) is 56.8 Å². The van der Waals surface area contributed by atoms with Crippen LogP contribution in [0.25, 0.3) is 22.3 Å². The fraction of sp³-hybridized carbons (Fsp3) is 0.357. The minimum absolute atomic E-state index is 0.119. The van der Waals surface area contributed by atoms with E-state index in [1.165, 1.54) is 0 Å². The molecule has 1 fully saturated rings. The third kappa shape index (κ3) is 4.84. The number of unbranched alkanes of at least 4 members (excludes halogenated alkanes) is 1. The third-order valence-corrected chi connectivity index (χ3v) is 6.43. The Bertz CT molecular complexity index is 1120. The van der Waals surface area contributed by atoms with Crippen LogP contribution < -0.4 is 0 Å². The first kappa shape index (κ1) is 23.5. The van der Waals surface area contributed by atoms with Gasteiger partial charge in [0, 0.05) is 23.3 Å². The van der Waals surface area contributed by atoms with Gasteiger partial charge in [-0.2, -0.15) is 0 Å². The zero-order chi connectivity index (χ0) is 23.5. The van der Waals surface area contributed by atoms with Crippen LogP contribution in [0.2, 0.25) is 0 Å². The van der Waals surface area contributed by atoms with Crippen molar-refractivity contribution in [2.45, 2.75) is 52.1 Å². The number of rotatable bonds is 6. The molecule has 2 atom stereocenters. The van der Waals surface area contributed by atoms with Crippen molar-refractivity contribution in [3.05, 3.63) is 82.9 Å². The van der Waals surface area contributed by atoms with Gasteiger partial charge in [-0.1, -0.05) is 68.8 Å². The molecule has 1 aliphatic heterocycles. The van der Waals surface area contributed by atoms with Crippen molar-refractivity contribution < 1.29 is 22.3 Å². The molecule has 0 amide bonds. The summed E-state index contributed by atoms with van der Waals surface area (Å²) < 4.78 is 64.6. The molecule has 33 heavy (non-hydrogen) atoms. The van der Waals surface area contributed by atoms with Crippen LogP contribution in [0.5, 0.6) is 0 Å². The number of benzene rings is 3. The maximum atomic E-state index is 14.9. The summed E-state index contributed by atoms with van der Waals surface area (Å²) in [6.07, 6.45) is 3.30. The van der Waals surface area contributed by atoms with Crippen LogP contribution in [0.4, 0.5) is 17.6 Å². The smallest absolute Gasteiger partial charge is 0.167 e. The normalized spacial score (nSPS) is 18.5. The highest BCUT2D eigenvalue weighted by atomic mass is 19.2. The van der Waals surface area contributed by atoms with Gasteiger partial charge in [0.2, 0.25) is 0 Å². The minimum Gasteiger partial charge on any atom is -0.373 e. The second kappa shape index (κ2) is 10.1. The first-order valence-corrected chi connectivity index (χ1v) is 11.6. The van der Waals surface area contributed by atoms with E-state index >= 15 is 0 Å². The van der Waals surface area contributed by atoms with Crippen LogP contribution in [-0.2, 0) is 11.2 Å². The van der Waals surface area contributed by atoms with Gasteiger partial charge in [-0.05, 0) is 48.3 Å². The molecule has 5 heteroatoms. The lowest BCUT2D eigenvalue weighted by atomic mass is 9.93.